The Labute approximate surface area is 113 Å². The standard InChI is InChI=1S/C15H19N3O/c1-5-8-18-13-7-6-11(10-16)9-12(13)17-14(18)15(2,3)19-4/h6-7,9H,5,8H2,1-4H3. The molecule has 0 fully saturated rings. The first-order valence-corrected chi connectivity index (χ1v) is 6.49. The Balaban J connectivity index is 2.69. The van der Waals surface area contributed by atoms with Crippen molar-refractivity contribution in [3.63, 3.8) is 0 Å². The highest BCUT2D eigenvalue weighted by Gasteiger charge is 2.27. The van der Waals surface area contributed by atoms with Crippen LogP contribution >= 0.6 is 0 Å². The number of ether oxygens (including phenoxy) is 1. The van der Waals surface area contributed by atoms with E-state index in [4.69, 9.17) is 10.00 Å². The lowest BCUT2D eigenvalue weighted by molar-refractivity contribution is 0.00890. The Morgan fingerprint density at radius 1 is 1.42 bits per heavy atom. The number of imidazole rings is 1. The largest absolute Gasteiger partial charge is 0.371 e. The lowest BCUT2D eigenvalue weighted by atomic mass is 10.1. The molecule has 1 aromatic heterocycles. The average Bonchev–Trinajstić information content (AvgIpc) is 2.78. The number of rotatable bonds is 4. The molecule has 0 N–H and O–H groups in total. The van der Waals surface area contributed by atoms with E-state index >= 15 is 0 Å². The number of aryl methyl sites for hydroxylation is 1. The number of benzene rings is 1. The lowest BCUT2D eigenvalue weighted by Gasteiger charge is -2.23. The van der Waals surface area contributed by atoms with Gasteiger partial charge in [-0.1, -0.05) is 6.92 Å². The molecule has 0 spiro atoms. The maximum atomic E-state index is 8.97. The third kappa shape index (κ3) is 2.34. The minimum atomic E-state index is -0.443. The van der Waals surface area contributed by atoms with E-state index in [0.29, 0.717) is 5.56 Å². The first kappa shape index (κ1) is 13.6. The van der Waals surface area contributed by atoms with Gasteiger partial charge in [0.1, 0.15) is 11.4 Å². The molecule has 0 amide bonds. The molecular weight excluding hydrogens is 238 g/mol. The van der Waals surface area contributed by atoms with Crippen molar-refractivity contribution in [3.8, 4) is 6.07 Å². The van der Waals surface area contributed by atoms with Crippen LogP contribution in [-0.2, 0) is 16.9 Å². The fraction of sp³-hybridized carbons (Fsp3) is 0.467. The van der Waals surface area contributed by atoms with Gasteiger partial charge in [0, 0.05) is 13.7 Å². The Morgan fingerprint density at radius 2 is 2.16 bits per heavy atom. The van der Waals surface area contributed by atoms with Gasteiger partial charge in [0.05, 0.1) is 22.7 Å². The molecule has 0 aliphatic heterocycles. The topological polar surface area (TPSA) is 50.8 Å². The molecule has 0 unspecified atom stereocenters. The van der Waals surface area contributed by atoms with Gasteiger partial charge < -0.3 is 9.30 Å². The van der Waals surface area contributed by atoms with Gasteiger partial charge in [-0.3, -0.25) is 0 Å². The summed E-state index contributed by atoms with van der Waals surface area (Å²) in [6.45, 7) is 7.04. The number of methoxy groups -OCH3 is 1. The second-order valence-corrected chi connectivity index (χ2v) is 5.12. The molecule has 2 aromatic rings. The lowest BCUT2D eigenvalue weighted by Crippen LogP contribution is -2.25. The summed E-state index contributed by atoms with van der Waals surface area (Å²) in [6, 6.07) is 7.78. The van der Waals surface area contributed by atoms with Gasteiger partial charge in [-0.2, -0.15) is 5.26 Å². The second kappa shape index (κ2) is 5.02. The summed E-state index contributed by atoms with van der Waals surface area (Å²) < 4.78 is 7.73. The van der Waals surface area contributed by atoms with Crippen molar-refractivity contribution in [2.45, 2.75) is 39.3 Å². The van der Waals surface area contributed by atoms with Gasteiger partial charge in [-0.15, -0.1) is 0 Å². The van der Waals surface area contributed by atoms with Crippen molar-refractivity contribution >= 4 is 11.0 Å². The average molecular weight is 257 g/mol. The van der Waals surface area contributed by atoms with E-state index in [0.717, 1.165) is 29.8 Å². The molecule has 4 nitrogen and oxygen atoms in total. The van der Waals surface area contributed by atoms with Crippen LogP contribution in [0.4, 0.5) is 0 Å². The van der Waals surface area contributed by atoms with E-state index in [1.54, 1.807) is 7.11 Å². The number of hydrogen-bond donors (Lipinski definition) is 0. The van der Waals surface area contributed by atoms with Crippen molar-refractivity contribution in [2.24, 2.45) is 0 Å². The molecule has 100 valence electrons. The van der Waals surface area contributed by atoms with Crippen LogP contribution in [0.25, 0.3) is 11.0 Å². The molecule has 0 aliphatic carbocycles. The number of hydrogen-bond acceptors (Lipinski definition) is 3. The van der Waals surface area contributed by atoms with Crippen LogP contribution in [0.5, 0.6) is 0 Å². The first-order valence-electron chi connectivity index (χ1n) is 6.49. The molecule has 4 heteroatoms. The summed E-state index contributed by atoms with van der Waals surface area (Å²) in [7, 11) is 1.69. The fourth-order valence-corrected chi connectivity index (χ4v) is 2.20. The number of nitriles is 1. The Hall–Kier alpha value is -1.86. The van der Waals surface area contributed by atoms with Gasteiger partial charge in [-0.05, 0) is 38.5 Å². The van der Waals surface area contributed by atoms with Crippen LogP contribution in [0.3, 0.4) is 0 Å². The predicted octanol–water partition coefficient (Wildman–Crippen LogP) is 3.20. The van der Waals surface area contributed by atoms with Gasteiger partial charge in [-0.25, -0.2) is 4.98 Å². The molecule has 0 radical (unpaired) electrons. The monoisotopic (exact) mass is 257 g/mol. The van der Waals surface area contributed by atoms with Gasteiger partial charge in [0.15, 0.2) is 0 Å². The molecule has 0 atom stereocenters. The molecule has 2 rings (SSSR count). The van der Waals surface area contributed by atoms with E-state index in [1.165, 1.54) is 0 Å². The molecule has 1 heterocycles. The van der Waals surface area contributed by atoms with Crippen LogP contribution in [0.1, 0.15) is 38.6 Å². The van der Waals surface area contributed by atoms with E-state index in [2.05, 4.69) is 22.5 Å². The van der Waals surface area contributed by atoms with E-state index in [9.17, 15) is 0 Å². The SMILES string of the molecule is CCCn1c(C(C)(C)OC)nc2cc(C#N)ccc21. The van der Waals surface area contributed by atoms with Gasteiger partial charge >= 0.3 is 0 Å². The Morgan fingerprint density at radius 3 is 2.74 bits per heavy atom. The highest BCUT2D eigenvalue weighted by Crippen LogP contribution is 2.28. The van der Waals surface area contributed by atoms with Crippen LogP contribution in [0.2, 0.25) is 0 Å². The van der Waals surface area contributed by atoms with Crippen molar-refractivity contribution in [1.82, 2.24) is 9.55 Å². The summed E-state index contributed by atoms with van der Waals surface area (Å²) >= 11 is 0. The van der Waals surface area contributed by atoms with Crippen LogP contribution < -0.4 is 0 Å². The molecular formula is C15H19N3O. The molecule has 19 heavy (non-hydrogen) atoms. The van der Waals surface area contributed by atoms with Gasteiger partial charge in [0.25, 0.3) is 0 Å². The number of aromatic nitrogens is 2. The zero-order chi connectivity index (χ0) is 14.0. The molecule has 0 saturated carbocycles. The zero-order valence-corrected chi connectivity index (χ0v) is 11.9. The zero-order valence-electron chi connectivity index (χ0n) is 11.9. The van der Waals surface area contributed by atoms with Crippen LogP contribution in [0.15, 0.2) is 18.2 Å². The van der Waals surface area contributed by atoms with Crippen molar-refractivity contribution in [2.75, 3.05) is 7.11 Å². The molecule has 1 aromatic carbocycles. The summed E-state index contributed by atoms with van der Waals surface area (Å²) in [5.41, 5.74) is 2.10. The summed E-state index contributed by atoms with van der Waals surface area (Å²) in [5, 5.41) is 8.97. The predicted molar refractivity (Wildman–Crippen MR) is 74.8 cm³/mol. The van der Waals surface area contributed by atoms with E-state index in [-0.39, 0.29) is 0 Å². The number of fused-ring (bicyclic) bond motifs is 1. The summed E-state index contributed by atoms with van der Waals surface area (Å²) in [4.78, 5) is 4.67. The highest BCUT2D eigenvalue weighted by molar-refractivity contribution is 5.78. The van der Waals surface area contributed by atoms with Crippen molar-refractivity contribution in [1.29, 1.82) is 5.26 Å². The minimum Gasteiger partial charge on any atom is -0.371 e. The quantitative estimate of drug-likeness (QED) is 0.845. The molecule has 0 aliphatic rings. The Kier molecular flexibility index (Phi) is 3.59. The molecule has 0 saturated heterocycles. The summed E-state index contributed by atoms with van der Waals surface area (Å²) in [6.07, 6.45) is 1.03. The number of nitrogens with zero attached hydrogens (tertiary/aromatic N) is 3. The maximum Gasteiger partial charge on any atom is 0.141 e. The van der Waals surface area contributed by atoms with E-state index < -0.39 is 5.60 Å². The van der Waals surface area contributed by atoms with Crippen molar-refractivity contribution < 1.29 is 4.74 Å². The second-order valence-electron chi connectivity index (χ2n) is 5.12. The highest BCUT2D eigenvalue weighted by atomic mass is 16.5. The van der Waals surface area contributed by atoms with E-state index in [1.807, 2.05) is 32.0 Å². The van der Waals surface area contributed by atoms with Gasteiger partial charge in [0.2, 0.25) is 0 Å². The smallest absolute Gasteiger partial charge is 0.141 e. The minimum absolute atomic E-state index is 0.443. The van der Waals surface area contributed by atoms with Crippen molar-refractivity contribution in [3.05, 3.63) is 29.6 Å². The summed E-state index contributed by atoms with van der Waals surface area (Å²) in [5.74, 6) is 0.905. The molecule has 0 bridgehead atoms. The normalized spacial score (nSPS) is 11.7. The third-order valence-electron chi connectivity index (χ3n) is 3.37. The maximum absolute atomic E-state index is 8.97. The van der Waals surface area contributed by atoms with Crippen LogP contribution in [0, 0.1) is 11.3 Å². The first-order chi connectivity index (χ1) is 9.03. The fourth-order valence-electron chi connectivity index (χ4n) is 2.20. The van der Waals surface area contributed by atoms with Crippen LogP contribution in [-0.4, -0.2) is 16.7 Å². The third-order valence-corrected chi connectivity index (χ3v) is 3.37. The Bertz CT molecular complexity index is 635.